The lowest BCUT2D eigenvalue weighted by atomic mass is 9.95. The molecule has 84 valence electrons. The van der Waals surface area contributed by atoms with Gasteiger partial charge in [0.2, 0.25) is 5.91 Å². The molecule has 1 aliphatic rings. The quantitative estimate of drug-likeness (QED) is 0.761. The summed E-state index contributed by atoms with van der Waals surface area (Å²) in [6, 6.07) is 7.14. The molecule has 0 saturated carbocycles. The number of para-hydroxylation sites is 1. The monoisotopic (exact) mass is 219 g/mol. The van der Waals surface area contributed by atoms with E-state index in [2.05, 4.69) is 5.32 Å². The fourth-order valence-corrected chi connectivity index (χ4v) is 1.92. The minimum Gasteiger partial charge on any atom is -0.496 e. The van der Waals surface area contributed by atoms with Gasteiger partial charge in [-0.2, -0.15) is 0 Å². The highest BCUT2D eigenvalue weighted by atomic mass is 16.5. The zero-order valence-electron chi connectivity index (χ0n) is 9.03. The predicted molar refractivity (Wildman–Crippen MR) is 58.1 cm³/mol. The number of ether oxygens (including phenoxy) is 1. The molecular formula is C12H13NO3. The van der Waals surface area contributed by atoms with E-state index in [0.29, 0.717) is 12.2 Å². The summed E-state index contributed by atoms with van der Waals surface area (Å²) in [6.45, 7) is 0. The number of amides is 1. The topological polar surface area (TPSA) is 55.4 Å². The van der Waals surface area contributed by atoms with Crippen LogP contribution < -0.4 is 10.1 Å². The molecule has 0 bridgehead atoms. The zero-order valence-corrected chi connectivity index (χ0v) is 9.03. The SMILES string of the molecule is COc1ccccc1C1CC(=O)CC(=O)N1. The van der Waals surface area contributed by atoms with Gasteiger partial charge in [0.25, 0.3) is 0 Å². The fraction of sp³-hybridized carbons (Fsp3) is 0.333. The van der Waals surface area contributed by atoms with Crippen molar-refractivity contribution in [3.8, 4) is 5.75 Å². The second-order valence-electron chi connectivity index (χ2n) is 3.78. The number of ketones is 1. The van der Waals surface area contributed by atoms with Crippen LogP contribution in [-0.4, -0.2) is 18.8 Å². The number of nitrogens with one attached hydrogen (secondary N) is 1. The first-order valence-corrected chi connectivity index (χ1v) is 5.14. The molecule has 1 aromatic carbocycles. The Morgan fingerprint density at radius 2 is 2.06 bits per heavy atom. The molecule has 1 aromatic rings. The van der Waals surface area contributed by atoms with Crippen LogP contribution in [0.15, 0.2) is 24.3 Å². The molecule has 0 aliphatic carbocycles. The van der Waals surface area contributed by atoms with Crippen LogP contribution >= 0.6 is 0 Å². The Labute approximate surface area is 93.6 Å². The molecule has 0 aromatic heterocycles. The maximum atomic E-state index is 11.4. The molecule has 4 nitrogen and oxygen atoms in total. The smallest absolute Gasteiger partial charge is 0.227 e. The third-order valence-corrected chi connectivity index (χ3v) is 2.64. The molecule has 16 heavy (non-hydrogen) atoms. The van der Waals surface area contributed by atoms with Gasteiger partial charge in [0.05, 0.1) is 19.6 Å². The summed E-state index contributed by atoms with van der Waals surface area (Å²) in [5, 5.41) is 2.80. The first kappa shape index (κ1) is 10.7. The highest BCUT2D eigenvalue weighted by Gasteiger charge is 2.27. The number of methoxy groups -OCH3 is 1. The van der Waals surface area contributed by atoms with E-state index < -0.39 is 0 Å². The van der Waals surface area contributed by atoms with E-state index in [9.17, 15) is 9.59 Å². The number of benzene rings is 1. The molecule has 1 unspecified atom stereocenters. The molecule has 0 spiro atoms. The summed E-state index contributed by atoms with van der Waals surface area (Å²) in [4.78, 5) is 22.6. The number of Topliss-reactive ketones (excluding diaryl/α,β-unsaturated/α-hetero) is 1. The Morgan fingerprint density at radius 3 is 2.75 bits per heavy atom. The first-order valence-electron chi connectivity index (χ1n) is 5.14. The summed E-state index contributed by atoms with van der Waals surface area (Å²) in [7, 11) is 1.57. The molecule has 1 N–H and O–H groups in total. The van der Waals surface area contributed by atoms with Gasteiger partial charge < -0.3 is 10.1 Å². The average molecular weight is 219 g/mol. The van der Waals surface area contributed by atoms with Gasteiger partial charge in [0, 0.05) is 12.0 Å². The summed E-state index contributed by atoms with van der Waals surface area (Å²) in [5.74, 6) is 0.453. The van der Waals surface area contributed by atoms with Crippen LogP contribution in [0.3, 0.4) is 0 Å². The maximum absolute atomic E-state index is 11.4. The summed E-state index contributed by atoms with van der Waals surface area (Å²) < 4.78 is 5.21. The van der Waals surface area contributed by atoms with Crippen molar-refractivity contribution in [3.05, 3.63) is 29.8 Å². The van der Waals surface area contributed by atoms with E-state index in [4.69, 9.17) is 4.74 Å². The molecule has 1 fully saturated rings. The van der Waals surface area contributed by atoms with Crippen molar-refractivity contribution in [3.63, 3.8) is 0 Å². The van der Waals surface area contributed by atoms with Crippen molar-refractivity contribution in [2.24, 2.45) is 0 Å². The van der Waals surface area contributed by atoms with E-state index in [-0.39, 0.29) is 24.2 Å². The summed E-state index contributed by atoms with van der Waals surface area (Å²) >= 11 is 0. The minimum absolute atomic E-state index is 0.00828. The van der Waals surface area contributed by atoms with E-state index in [0.717, 1.165) is 5.56 Å². The van der Waals surface area contributed by atoms with Crippen LogP contribution in [-0.2, 0) is 9.59 Å². The lowest BCUT2D eigenvalue weighted by molar-refractivity contribution is -0.132. The van der Waals surface area contributed by atoms with Gasteiger partial charge in [-0.05, 0) is 6.07 Å². The summed E-state index contributed by atoms with van der Waals surface area (Å²) in [6.07, 6.45) is 0.331. The van der Waals surface area contributed by atoms with Crippen LogP contribution in [0.1, 0.15) is 24.4 Å². The van der Waals surface area contributed by atoms with Crippen LogP contribution in [0, 0.1) is 0 Å². The van der Waals surface area contributed by atoms with Gasteiger partial charge in [-0.15, -0.1) is 0 Å². The number of rotatable bonds is 2. The Morgan fingerprint density at radius 1 is 1.31 bits per heavy atom. The van der Waals surface area contributed by atoms with Crippen molar-refractivity contribution in [2.75, 3.05) is 7.11 Å². The molecule has 0 radical (unpaired) electrons. The van der Waals surface area contributed by atoms with Gasteiger partial charge in [0.15, 0.2) is 0 Å². The molecule has 2 rings (SSSR count). The third kappa shape index (κ3) is 2.05. The minimum atomic E-state index is -0.259. The lowest BCUT2D eigenvalue weighted by Gasteiger charge is -2.24. The number of carbonyl (C=O) groups is 2. The van der Waals surface area contributed by atoms with Crippen LogP contribution in [0.4, 0.5) is 0 Å². The largest absolute Gasteiger partial charge is 0.496 e. The fourth-order valence-electron chi connectivity index (χ4n) is 1.92. The predicted octanol–water partition coefficient (Wildman–Crippen LogP) is 1.22. The van der Waals surface area contributed by atoms with Crippen molar-refractivity contribution in [1.29, 1.82) is 0 Å². The Bertz CT molecular complexity index is 412. The highest BCUT2D eigenvalue weighted by molar-refractivity contribution is 6.00. The number of carbonyl (C=O) groups excluding carboxylic acids is 2. The van der Waals surface area contributed by atoms with Crippen molar-refractivity contribution < 1.29 is 14.3 Å². The van der Waals surface area contributed by atoms with Crippen LogP contribution in [0.5, 0.6) is 5.75 Å². The van der Waals surface area contributed by atoms with Crippen LogP contribution in [0.25, 0.3) is 0 Å². The molecule has 1 amide bonds. The first-order chi connectivity index (χ1) is 7.70. The Hall–Kier alpha value is -1.84. The average Bonchev–Trinajstić information content (AvgIpc) is 2.27. The standard InChI is InChI=1S/C12H13NO3/c1-16-11-5-3-2-4-9(11)10-6-8(14)7-12(15)13-10/h2-5,10H,6-7H2,1H3,(H,13,15). The molecular weight excluding hydrogens is 206 g/mol. The van der Waals surface area contributed by atoms with E-state index in [1.54, 1.807) is 7.11 Å². The second-order valence-corrected chi connectivity index (χ2v) is 3.78. The third-order valence-electron chi connectivity index (χ3n) is 2.64. The second kappa shape index (κ2) is 4.35. The van der Waals surface area contributed by atoms with Gasteiger partial charge >= 0.3 is 0 Å². The van der Waals surface area contributed by atoms with Crippen LogP contribution in [0.2, 0.25) is 0 Å². The molecule has 1 aliphatic heterocycles. The van der Waals surface area contributed by atoms with Crippen molar-refractivity contribution in [2.45, 2.75) is 18.9 Å². The Kier molecular flexibility index (Phi) is 2.90. The van der Waals surface area contributed by atoms with Gasteiger partial charge in [0.1, 0.15) is 11.5 Å². The highest BCUT2D eigenvalue weighted by Crippen LogP contribution is 2.29. The lowest BCUT2D eigenvalue weighted by Crippen LogP contribution is -2.37. The number of hydrogen-bond acceptors (Lipinski definition) is 3. The molecule has 4 heteroatoms. The normalized spacial score (nSPS) is 20.4. The van der Waals surface area contributed by atoms with Crippen molar-refractivity contribution >= 4 is 11.7 Å². The van der Waals surface area contributed by atoms with Crippen molar-refractivity contribution in [1.82, 2.24) is 5.32 Å². The molecule has 1 atom stereocenters. The van der Waals surface area contributed by atoms with E-state index in [1.165, 1.54) is 0 Å². The summed E-state index contributed by atoms with van der Waals surface area (Å²) in [5.41, 5.74) is 0.853. The van der Waals surface area contributed by atoms with Gasteiger partial charge in [-0.3, -0.25) is 9.59 Å². The maximum Gasteiger partial charge on any atom is 0.227 e. The van der Waals surface area contributed by atoms with E-state index in [1.807, 2.05) is 24.3 Å². The number of piperidine rings is 1. The van der Waals surface area contributed by atoms with E-state index >= 15 is 0 Å². The molecule has 1 heterocycles. The van der Waals surface area contributed by atoms with Gasteiger partial charge in [-0.1, -0.05) is 18.2 Å². The van der Waals surface area contributed by atoms with Gasteiger partial charge in [-0.25, -0.2) is 0 Å². The zero-order chi connectivity index (χ0) is 11.5. The number of hydrogen-bond donors (Lipinski definition) is 1. The Balaban J connectivity index is 2.29. The molecule has 1 saturated heterocycles.